The largest absolute Gasteiger partial charge is 0.469 e. The minimum absolute atomic E-state index is 0.0245. The molecule has 3 rings (SSSR count). The van der Waals surface area contributed by atoms with Gasteiger partial charge in [0.1, 0.15) is 11.6 Å². The van der Waals surface area contributed by atoms with Crippen LogP contribution in [0, 0.1) is 5.82 Å². The number of benzene rings is 2. The van der Waals surface area contributed by atoms with Crippen molar-refractivity contribution in [3.63, 3.8) is 0 Å². The molecule has 2 aromatic carbocycles. The average Bonchev–Trinajstić information content (AvgIpc) is 3.23. The summed E-state index contributed by atoms with van der Waals surface area (Å²) in [6, 6.07) is 20.3. The number of halogens is 1. The predicted octanol–water partition coefficient (Wildman–Crippen LogP) is 5.38. The van der Waals surface area contributed by atoms with Crippen molar-refractivity contribution in [2.24, 2.45) is 0 Å². The molecule has 0 fully saturated rings. The second-order valence-electron chi connectivity index (χ2n) is 6.56. The van der Waals surface area contributed by atoms with E-state index in [1.54, 1.807) is 18.4 Å². The van der Waals surface area contributed by atoms with Crippen LogP contribution in [0.5, 0.6) is 0 Å². The molecule has 0 aliphatic heterocycles. The molecule has 140 valence electrons. The quantitative estimate of drug-likeness (QED) is 0.537. The molecule has 4 heteroatoms. The number of rotatable bonds is 8. The average molecular weight is 365 g/mol. The summed E-state index contributed by atoms with van der Waals surface area (Å²) >= 11 is 0. The van der Waals surface area contributed by atoms with Crippen LogP contribution in [0.15, 0.2) is 77.4 Å². The highest BCUT2D eigenvalue weighted by atomic mass is 19.1. The summed E-state index contributed by atoms with van der Waals surface area (Å²) in [5.41, 5.74) is 2.09. The number of hydrogen-bond acceptors (Lipinski definition) is 2. The molecular formula is C23H24FNO2. The number of furan rings is 1. The molecule has 0 unspecified atom stereocenters. The van der Waals surface area contributed by atoms with Crippen LogP contribution < -0.4 is 0 Å². The van der Waals surface area contributed by atoms with Gasteiger partial charge < -0.3 is 9.32 Å². The van der Waals surface area contributed by atoms with Crippen molar-refractivity contribution in [2.75, 3.05) is 6.54 Å². The van der Waals surface area contributed by atoms with E-state index in [1.807, 2.05) is 54.3 Å². The summed E-state index contributed by atoms with van der Waals surface area (Å²) in [7, 11) is 0. The fraction of sp³-hybridized carbons (Fsp3) is 0.261. The van der Waals surface area contributed by atoms with Gasteiger partial charge in [0.2, 0.25) is 5.91 Å². The molecular weight excluding hydrogens is 341 g/mol. The molecule has 0 spiro atoms. The summed E-state index contributed by atoms with van der Waals surface area (Å²) in [4.78, 5) is 14.3. The molecule has 0 saturated carbocycles. The standard InChI is InChI=1S/C23H24FNO2/c1-2-23(26)25(17-18-7-4-3-5-8-18)15-14-21(22-9-6-16-27-22)19-10-12-20(24)13-11-19/h3-13,16,21H,2,14-15,17H2,1H3/t21-/m1/s1. The molecule has 3 nitrogen and oxygen atoms in total. The van der Waals surface area contributed by atoms with Crippen molar-refractivity contribution in [1.29, 1.82) is 0 Å². The van der Waals surface area contributed by atoms with Crippen LogP contribution in [-0.2, 0) is 11.3 Å². The van der Waals surface area contributed by atoms with E-state index in [2.05, 4.69) is 0 Å². The Morgan fingerprint density at radius 2 is 1.78 bits per heavy atom. The van der Waals surface area contributed by atoms with Gasteiger partial charge in [0.15, 0.2) is 0 Å². The summed E-state index contributed by atoms with van der Waals surface area (Å²) in [5, 5.41) is 0. The second-order valence-corrected chi connectivity index (χ2v) is 6.56. The topological polar surface area (TPSA) is 33.5 Å². The highest BCUT2D eigenvalue weighted by Gasteiger charge is 2.20. The van der Waals surface area contributed by atoms with E-state index < -0.39 is 0 Å². The van der Waals surface area contributed by atoms with Gasteiger partial charge >= 0.3 is 0 Å². The Bertz CT molecular complexity index is 829. The van der Waals surface area contributed by atoms with Gasteiger partial charge in [-0.25, -0.2) is 4.39 Å². The molecule has 0 N–H and O–H groups in total. The van der Waals surface area contributed by atoms with Crippen LogP contribution in [0.1, 0.15) is 42.6 Å². The fourth-order valence-corrected chi connectivity index (χ4v) is 3.26. The maximum atomic E-state index is 13.3. The van der Waals surface area contributed by atoms with Crippen molar-refractivity contribution in [1.82, 2.24) is 4.90 Å². The number of nitrogens with zero attached hydrogens (tertiary/aromatic N) is 1. The Kier molecular flexibility index (Phi) is 6.42. The summed E-state index contributed by atoms with van der Waals surface area (Å²) in [6.45, 7) is 3.07. The Hall–Kier alpha value is -2.88. The zero-order chi connectivity index (χ0) is 19.1. The van der Waals surface area contributed by atoms with Crippen molar-refractivity contribution in [2.45, 2.75) is 32.2 Å². The van der Waals surface area contributed by atoms with Gasteiger partial charge in [-0.3, -0.25) is 4.79 Å². The van der Waals surface area contributed by atoms with Gasteiger partial charge in [-0.05, 0) is 41.8 Å². The lowest BCUT2D eigenvalue weighted by molar-refractivity contribution is -0.131. The first-order valence-corrected chi connectivity index (χ1v) is 9.28. The molecule has 0 aliphatic rings. The number of hydrogen-bond donors (Lipinski definition) is 0. The lowest BCUT2D eigenvalue weighted by Gasteiger charge is -2.25. The molecule has 0 bridgehead atoms. The summed E-state index contributed by atoms with van der Waals surface area (Å²) < 4.78 is 18.9. The summed E-state index contributed by atoms with van der Waals surface area (Å²) in [5.74, 6) is 0.661. The molecule has 3 aromatic rings. The molecule has 27 heavy (non-hydrogen) atoms. The van der Waals surface area contributed by atoms with Gasteiger partial charge in [-0.2, -0.15) is 0 Å². The van der Waals surface area contributed by atoms with Crippen LogP contribution in [0.2, 0.25) is 0 Å². The maximum Gasteiger partial charge on any atom is 0.222 e. The summed E-state index contributed by atoms with van der Waals surface area (Å²) in [6.07, 6.45) is 2.82. The third kappa shape index (κ3) is 5.07. The Morgan fingerprint density at radius 1 is 1.04 bits per heavy atom. The van der Waals surface area contributed by atoms with E-state index in [0.29, 0.717) is 25.9 Å². The van der Waals surface area contributed by atoms with E-state index in [4.69, 9.17) is 4.42 Å². The molecule has 0 radical (unpaired) electrons. The lowest BCUT2D eigenvalue weighted by Crippen LogP contribution is -2.31. The Morgan fingerprint density at radius 3 is 2.41 bits per heavy atom. The normalized spacial score (nSPS) is 11.9. The zero-order valence-electron chi connectivity index (χ0n) is 15.5. The number of amides is 1. The van der Waals surface area contributed by atoms with E-state index in [1.165, 1.54) is 12.1 Å². The van der Waals surface area contributed by atoms with Crippen LogP contribution >= 0.6 is 0 Å². The van der Waals surface area contributed by atoms with Crippen LogP contribution in [0.25, 0.3) is 0 Å². The molecule has 1 amide bonds. The van der Waals surface area contributed by atoms with Crippen molar-refractivity contribution in [3.8, 4) is 0 Å². The van der Waals surface area contributed by atoms with Crippen LogP contribution in [-0.4, -0.2) is 17.4 Å². The van der Waals surface area contributed by atoms with Crippen molar-refractivity contribution >= 4 is 5.91 Å². The zero-order valence-corrected chi connectivity index (χ0v) is 15.5. The van der Waals surface area contributed by atoms with Gasteiger partial charge in [0.05, 0.1) is 6.26 Å². The monoisotopic (exact) mass is 365 g/mol. The van der Waals surface area contributed by atoms with Gasteiger partial charge in [0.25, 0.3) is 0 Å². The van der Waals surface area contributed by atoms with Crippen molar-refractivity contribution < 1.29 is 13.6 Å². The van der Waals surface area contributed by atoms with E-state index >= 15 is 0 Å². The molecule has 1 heterocycles. The fourth-order valence-electron chi connectivity index (χ4n) is 3.26. The molecule has 1 atom stereocenters. The van der Waals surface area contributed by atoms with Crippen molar-refractivity contribution in [3.05, 3.63) is 95.7 Å². The number of carbonyl (C=O) groups is 1. The highest BCUT2D eigenvalue weighted by Crippen LogP contribution is 2.29. The van der Waals surface area contributed by atoms with Gasteiger partial charge in [-0.1, -0.05) is 49.4 Å². The SMILES string of the molecule is CCC(=O)N(CC[C@H](c1ccc(F)cc1)c1ccco1)Cc1ccccc1. The first kappa shape index (κ1) is 18.9. The van der Waals surface area contributed by atoms with Crippen LogP contribution in [0.3, 0.4) is 0 Å². The van der Waals surface area contributed by atoms with E-state index in [9.17, 15) is 9.18 Å². The maximum absolute atomic E-state index is 13.3. The minimum Gasteiger partial charge on any atom is -0.469 e. The number of carbonyl (C=O) groups excluding carboxylic acids is 1. The third-order valence-electron chi connectivity index (χ3n) is 4.72. The predicted molar refractivity (Wildman–Crippen MR) is 104 cm³/mol. The smallest absolute Gasteiger partial charge is 0.222 e. The van der Waals surface area contributed by atoms with Gasteiger partial charge in [0, 0.05) is 25.4 Å². The third-order valence-corrected chi connectivity index (χ3v) is 4.72. The lowest BCUT2D eigenvalue weighted by atomic mass is 9.93. The molecule has 0 saturated heterocycles. The molecule has 0 aliphatic carbocycles. The van der Waals surface area contributed by atoms with E-state index in [0.717, 1.165) is 16.9 Å². The van der Waals surface area contributed by atoms with Gasteiger partial charge in [-0.15, -0.1) is 0 Å². The minimum atomic E-state index is -0.260. The first-order valence-electron chi connectivity index (χ1n) is 9.28. The molecule has 1 aromatic heterocycles. The highest BCUT2D eigenvalue weighted by molar-refractivity contribution is 5.75. The van der Waals surface area contributed by atoms with E-state index in [-0.39, 0.29) is 17.6 Å². The van der Waals surface area contributed by atoms with Crippen LogP contribution in [0.4, 0.5) is 4.39 Å². The second kappa shape index (κ2) is 9.17. The Labute approximate surface area is 159 Å². The Balaban J connectivity index is 1.77. The first-order chi connectivity index (χ1) is 13.2.